The molecule has 2 aliphatic rings. The van der Waals surface area contributed by atoms with E-state index in [1.54, 1.807) is 28.4 Å². The summed E-state index contributed by atoms with van der Waals surface area (Å²) in [5, 5.41) is 4.92. The third-order valence-corrected chi connectivity index (χ3v) is 6.06. The summed E-state index contributed by atoms with van der Waals surface area (Å²) in [5.41, 5.74) is 5.39. The van der Waals surface area contributed by atoms with Gasteiger partial charge in [0.05, 0.1) is 41.5 Å². The summed E-state index contributed by atoms with van der Waals surface area (Å²) in [7, 11) is 6.79. The van der Waals surface area contributed by atoms with Crippen molar-refractivity contribution in [1.82, 2.24) is 0 Å². The molecular formula is C22H30N2O4+2. The molecule has 6 nitrogen and oxygen atoms in total. The fourth-order valence-electron chi connectivity index (χ4n) is 4.70. The Kier molecular flexibility index (Phi) is 5.33. The van der Waals surface area contributed by atoms with E-state index >= 15 is 0 Å². The highest BCUT2D eigenvalue weighted by Gasteiger charge is 2.39. The highest BCUT2D eigenvalue weighted by molar-refractivity contribution is 5.52. The molecule has 6 heteroatoms. The first kappa shape index (κ1) is 18.9. The molecule has 2 atom stereocenters. The quantitative estimate of drug-likeness (QED) is 0.795. The van der Waals surface area contributed by atoms with E-state index in [9.17, 15) is 0 Å². The monoisotopic (exact) mass is 386 g/mol. The molecular weight excluding hydrogens is 356 g/mol. The average molecular weight is 386 g/mol. The molecule has 0 unspecified atom stereocenters. The van der Waals surface area contributed by atoms with Gasteiger partial charge in [-0.25, -0.2) is 0 Å². The van der Waals surface area contributed by atoms with Crippen LogP contribution >= 0.6 is 0 Å². The van der Waals surface area contributed by atoms with Gasteiger partial charge < -0.3 is 29.6 Å². The molecule has 150 valence electrons. The van der Waals surface area contributed by atoms with E-state index in [1.807, 2.05) is 0 Å². The molecule has 4 N–H and O–H groups in total. The Morgan fingerprint density at radius 3 is 1.32 bits per heavy atom. The largest absolute Gasteiger partial charge is 0.493 e. The van der Waals surface area contributed by atoms with Gasteiger partial charge in [-0.15, -0.1) is 0 Å². The topological polar surface area (TPSA) is 70.1 Å². The van der Waals surface area contributed by atoms with Crippen molar-refractivity contribution in [2.24, 2.45) is 0 Å². The number of quaternary nitrogens is 2. The molecule has 0 saturated heterocycles. The van der Waals surface area contributed by atoms with Gasteiger partial charge in [0, 0.05) is 24.0 Å². The van der Waals surface area contributed by atoms with Crippen molar-refractivity contribution >= 4 is 0 Å². The maximum absolute atomic E-state index is 5.59. The molecule has 0 fully saturated rings. The summed E-state index contributed by atoms with van der Waals surface area (Å²) in [6.07, 6.45) is 2.08. The highest BCUT2D eigenvalue weighted by Crippen LogP contribution is 2.40. The molecule has 2 aliphatic heterocycles. The molecule has 0 bridgehead atoms. The fourth-order valence-corrected chi connectivity index (χ4v) is 4.70. The number of rotatable bonds is 5. The van der Waals surface area contributed by atoms with Crippen molar-refractivity contribution < 1.29 is 29.6 Å². The van der Waals surface area contributed by atoms with Crippen LogP contribution in [0.2, 0.25) is 0 Å². The van der Waals surface area contributed by atoms with Crippen LogP contribution in [0.15, 0.2) is 24.3 Å². The first-order valence-electron chi connectivity index (χ1n) is 9.86. The molecule has 4 rings (SSSR count). The molecule has 0 aliphatic carbocycles. The van der Waals surface area contributed by atoms with E-state index < -0.39 is 0 Å². The lowest BCUT2D eigenvalue weighted by molar-refractivity contribution is -0.788. The van der Waals surface area contributed by atoms with Crippen molar-refractivity contribution in [3.05, 3.63) is 46.5 Å². The fraction of sp³-hybridized carbons (Fsp3) is 0.455. The Morgan fingerprint density at radius 2 is 0.964 bits per heavy atom. The summed E-state index contributed by atoms with van der Waals surface area (Å²) in [6.45, 7) is 2.14. The standard InChI is InChI=1S/C22H28N2O4/c1-25-17-9-13-5-7-23-21(15(13)11-19(17)27-3)22-16-12-20(28-4)18(26-2)10-14(16)6-8-24-22/h9-12,21-24H,5-8H2,1-4H3/p+2/t21-,22-/m0/s1. The van der Waals surface area contributed by atoms with Gasteiger partial charge in [-0.1, -0.05) is 0 Å². The van der Waals surface area contributed by atoms with E-state index in [2.05, 4.69) is 34.9 Å². The van der Waals surface area contributed by atoms with E-state index in [1.165, 1.54) is 22.3 Å². The van der Waals surface area contributed by atoms with Crippen LogP contribution in [0.5, 0.6) is 23.0 Å². The highest BCUT2D eigenvalue weighted by atomic mass is 16.5. The first-order valence-corrected chi connectivity index (χ1v) is 9.86. The number of ether oxygens (including phenoxy) is 4. The zero-order chi connectivity index (χ0) is 19.7. The molecule has 28 heavy (non-hydrogen) atoms. The Bertz CT molecular complexity index is 797. The van der Waals surface area contributed by atoms with Crippen molar-refractivity contribution in [1.29, 1.82) is 0 Å². The van der Waals surface area contributed by atoms with Gasteiger partial charge in [-0.05, 0) is 35.4 Å². The number of hydrogen-bond donors (Lipinski definition) is 2. The summed E-state index contributed by atoms with van der Waals surface area (Å²) in [4.78, 5) is 0. The number of fused-ring (bicyclic) bond motifs is 2. The van der Waals surface area contributed by atoms with Gasteiger partial charge >= 0.3 is 0 Å². The Morgan fingerprint density at radius 1 is 0.607 bits per heavy atom. The molecule has 0 radical (unpaired) electrons. The van der Waals surface area contributed by atoms with Crippen molar-refractivity contribution in [2.45, 2.75) is 24.9 Å². The maximum atomic E-state index is 5.59. The van der Waals surface area contributed by atoms with Gasteiger partial charge in [0.15, 0.2) is 35.1 Å². The second kappa shape index (κ2) is 7.89. The second-order valence-electron chi connectivity index (χ2n) is 7.41. The minimum Gasteiger partial charge on any atom is -0.493 e. The van der Waals surface area contributed by atoms with Gasteiger partial charge in [0.1, 0.15) is 0 Å². The first-order chi connectivity index (χ1) is 13.7. The molecule has 0 spiro atoms. The summed E-state index contributed by atoms with van der Waals surface area (Å²) < 4.78 is 22.2. The van der Waals surface area contributed by atoms with Gasteiger partial charge in [-0.2, -0.15) is 0 Å². The number of methoxy groups -OCH3 is 4. The van der Waals surface area contributed by atoms with Crippen LogP contribution in [0.1, 0.15) is 34.3 Å². The van der Waals surface area contributed by atoms with Gasteiger partial charge in [-0.3, -0.25) is 0 Å². The molecule has 0 amide bonds. The van der Waals surface area contributed by atoms with Gasteiger partial charge in [0.2, 0.25) is 0 Å². The van der Waals surface area contributed by atoms with E-state index in [0.29, 0.717) is 12.1 Å². The zero-order valence-electron chi connectivity index (χ0n) is 17.1. The second-order valence-corrected chi connectivity index (χ2v) is 7.41. The van der Waals surface area contributed by atoms with E-state index in [4.69, 9.17) is 18.9 Å². The van der Waals surface area contributed by atoms with E-state index in [0.717, 1.165) is 48.9 Å². The van der Waals surface area contributed by atoms with Gasteiger partial charge in [0.25, 0.3) is 0 Å². The third kappa shape index (κ3) is 3.16. The van der Waals surface area contributed by atoms with Crippen molar-refractivity contribution in [2.75, 3.05) is 41.5 Å². The van der Waals surface area contributed by atoms with Crippen LogP contribution < -0.4 is 29.6 Å². The molecule has 2 heterocycles. The van der Waals surface area contributed by atoms with Crippen LogP contribution in [0.4, 0.5) is 0 Å². The zero-order valence-corrected chi connectivity index (χ0v) is 17.1. The van der Waals surface area contributed by atoms with Crippen LogP contribution in [0.25, 0.3) is 0 Å². The minimum atomic E-state index is 0.320. The Hall–Kier alpha value is -2.44. The normalized spacial score (nSPS) is 20.7. The molecule has 2 aromatic carbocycles. The van der Waals surface area contributed by atoms with E-state index in [-0.39, 0.29) is 0 Å². The summed E-state index contributed by atoms with van der Waals surface area (Å²) in [6, 6.07) is 9.26. The summed E-state index contributed by atoms with van der Waals surface area (Å²) >= 11 is 0. The summed E-state index contributed by atoms with van der Waals surface area (Å²) in [5.74, 6) is 3.21. The van der Waals surface area contributed by atoms with Crippen LogP contribution in [0.3, 0.4) is 0 Å². The minimum absolute atomic E-state index is 0.320. The lowest BCUT2D eigenvalue weighted by atomic mass is 9.82. The predicted octanol–water partition coefficient (Wildman–Crippen LogP) is 0.742. The SMILES string of the molecule is COc1cc2c(cc1OC)[C@@H]([C@H]1[NH2+]CCc3cc(OC)c(OC)cc31)[NH2+]CC2. The smallest absolute Gasteiger partial charge is 0.169 e. The Labute approximate surface area is 166 Å². The van der Waals surface area contributed by atoms with Crippen LogP contribution in [0, 0.1) is 0 Å². The van der Waals surface area contributed by atoms with Crippen LogP contribution in [-0.4, -0.2) is 41.5 Å². The Balaban J connectivity index is 1.78. The molecule has 0 aromatic heterocycles. The number of benzene rings is 2. The number of nitrogens with two attached hydrogens (primary N) is 2. The third-order valence-electron chi connectivity index (χ3n) is 6.06. The lowest BCUT2D eigenvalue weighted by Crippen LogP contribution is -2.97. The average Bonchev–Trinajstić information content (AvgIpc) is 2.76. The van der Waals surface area contributed by atoms with Crippen molar-refractivity contribution in [3.8, 4) is 23.0 Å². The molecule has 0 saturated carbocycles. The van der Waals surface area contributed by atoms with Crippen LogP contribution in [-0.2, 0) is 12.8 Å². The lowest BCUT2D eigenvalue weighted by Gasteiger charge is -2.33. The predicted molar refractivity (Wildman–Crippen MR) is 106 cm³/mol. The van der Waals surface area contributed by atoms with Crippen molar-refractivity contribution in [3.63, 3.8) is 0 Å². The molecule has 2 aromatic rings. The number of hydrogen-bond acceptors (Lipinski definition) is 4. The maximum Gasteiger partial charge on any atom is 0.169 e.